The van der Waals surface area contributed by atoms with Gasteiger partial charge < -0.3 is 4.74 Å². The fourth-order valence-corrected chi connectivity index (χ4v) is 3.06. The van der Waals surface area contributed by atoms with E-state index in [4.69, 9.17) is 4.74 Å². The topological polar surface area (TPSA) is 52.1 Å². The fourth-order valence-electron chi connectivity index (χ4n) is 3.06. The smallest absolute Gasteiger partial charge is 0.341 e. The van der Waals surface area contributed by atoms with E-state index in [0.717, 1.165) is 24.8 Å². The molecule has 5 heteroatoms. The molecule has 120 valence electrons. The van der Waals surface area contributed by atoms with Crippen molar-refractivity contribution in [1.82, 2.24) is 9.97 Å². The van der Waals surface area contributed by atoms with Crippen molar-refractivity contribution in [2.24, 2.45) is 0 Å². The summed E-state index contributed by atoms with van der Waals surface area (Å²) in [6.45, 7) is 2.08. The number of carbonyl (C=O) groups is 1. The van der Waals surface area contributed by atoms with Crippen LogP contribution in [0.1, 0.15) is 47.9 Å². The normalized spacial score (nSPS) is 15.7. The quantitative estimate of drug-likeness (QED) is 0.793. The first-order valence-corrected chi connectivity index (χ1v) is 7.87. The van der Waals surface area contributed by atoms with Crippen molar-refractivity contribution in [3.63, 3.8) is 0 Å². The Hall–Kier alpha value is -2.30. The average Bonchev–Trinajstić information content (AvgIpc) is 2.52. The van der Waals surface area contributed by atoms with E-state index in [1.807, 2.05) is 6.07 Å². The Balaban J connectivity index is 1.78. The van der Waals surface area contributed by atoms with Gasteiger partial charge in [0.1, 0.15) is 11.6 Å². The lowest BCUT2D eigenvalue weighted by Crippen LogP contribution is -2.37. The summed E-state index contributed by atoms with van der Waals surface area (Å²) in [4.78, 5) is 20.2. The summed E-state index contributed by atoms with van der Waals surface area (Å²) in [6.07, 6.45) is 6.77. The van der Waals surface area contributed by atoms with Crippen LogP contribution in [0.25, 0.3) is 0 Å². The molecule has 4 nitrogen and oxygen atoms in total. The molecule has 1 fully saturated rings. The van der Waals surface area contributed by atoms with Crippen LogP contribution in [0.5, 0.6) is 0 Å². The number of ether oxygens (including phenoxy) is 1. The van der Waals surface area contributed by atoms with E-state index in [-0.39, 0.29) is 11.2 Å². The van der Waals surface area contributed by atoms with Gasteiger partial charge in [0.05, 0.1) is 12.2 Å². The zero-order valence-electron chi connectivity index (χ0n) is 13.1. The molecule has 1 aromatic carbocycles. The monoisotopic (exact) mass is 314 g/mol. The SMILES string of the molecule is CCOC(=O)c1cnc(CC2(c3cccc(F)c3)CCC2)nc1. The molecule has 0 spiro atoms. The molecule has 23 heavy (non-hydrogen) atoms. The highest BCUT2D eigenvalue weighted by Gasteiger charge is 2.39. The second kappa shape index (κ2) is 6.44. The van der Waals surface area contributed by atoms with Gasteiger partial charge in [-0.2, -0.15) is 0 Å². The largest absolute Gasteiger partial charge is 0.462 e. The van der Waals surface area contributed by atoms with Gasteiger partial charge in [-0.1, -0.05) is 18.6 Å². The molecule has 0 bridgehead atoms. The summed E-state index contributed by atoms with van der Waals surface area (Å²) in [5.74, 6) is 0.0388. The van der Waals surface area contributed by atoms with E-state index in [0.29, 0.717) is 24.4 Å². The average molecular weight is 314 g/mol. The molecule has 3 rings (SSSR count). The first-order valence-electron chi connectivity index (χ1n) is 7.87. The Morgan fingerprint density at radius 1 is 1.30 bits per heavy atom. The van der Waals surface area contributed by atoms with E-state index in [1.165, 1.54) is 18.5 Å². The van der Waals surface area contributed by atoms with Crippen molar-refractivity contribution in [2.45, 2.75) is 38.0 Å². The summed E-state index contributed by atoms with van der Waals surface area (Å²) in [7, 11) is 0. The number of benzene rings is 1. The zero-order chi connectivity index (χ0) is 16.3. The molecule has 2 aromatic rings. The minimum atomic E-state index is -0.414. The molecule has 0 saturated heterocycles. The number of carbonyl (C=O) groups excluding carboxylic acids is 1. The third-order valence-corrected chi connectivity index (χ3v) is 4.46. The van der Waals surface area contributed by atoms with Crippen LogP contribution in [0.15, 0.2) is 36.7 Å². The molecule has 1 aliphatic carbocycles. The van der Waals surface area contributed by atoms with Gasteiger partial charge in [0.15, 0.2) is 0 Å². The van der Waals surface area contributed by atoms with Gasteiger partial charge >= 0.3 is 5.97 Å². The van der Waals surface area contributed by atoms with Crippen LogP contribution in [0.2, 0.25) is 0 Å². The first kappa shape index (κ1) is 15.6. The van der Waals surface area contributed by atoms with Crippen molar-refractivity contribution in [3.05, 3.63) is 59.4 Å². The van der Waals surface area contributed by atoms with Crippen LogP contribution in [0, 0.1) is 5.82 Å². The molecule has 0 aliphatic heterocycles. The van der Waals surface area contributed by atoms with Crippen molar-refractivity contribution >= 4 is 5.97 Å². The van der Waals surface area contributed by atoms with Crippen LogP contribution in [0.3, 0.4) is 0 Å². The van der Waals surface area contributed by atoms with Gasteiger partial charge in [0, 0.05) is 24.2 Å². The van der Waals surface area contributed by atoms with Crippen LogP contribution < -0.4 is 0 Å². The minimum Gasteiger partial charge on any atom is -0.462 e. The third-order valence-electron chi connectivity index (χ3n) is 4.46. The number of hydrogen-bond acceptors (Lipinski definition) is 4. The van der Waals surface area contributed by atoms with Crippen LogP contribution in [-0.2, 0) is 16.6 Å². The molecular weight excluding hydrogens is 295 g/mol. The van der Waals surface area contributed by atoms with E-state index in [9.17, 15) is 9.18 Å². The second-order valence-corrected chi connectivity index (χ2v) is 5.93. The molecule has 1 heterocycles. The zero-order valence-corrected chi connectivity index (χ0v) is 13.1. The highest BCUT2D eigenvalue weighted by Crippen LogP contribution is 2.45. The predicted octanol–water partition coefficient (Wildman–Crippen LogP) is 3.46. The Morgan fingerprint density at radius 3 is 2.61 bits per heavy atom. The van der Waals surface area contributed by atoms with Gasteiger partial charge in [-0.15, -0.1) is 0 Å². The molecule has 0 unspecified atom stereocenters. The van der Waals surface area contributed by atoms with Crippen LogP contribution in [-0.4, -0.2) is 22.5 Å². The number of hydrogen-bond donors (Lipinski definition) is 0. The second-order valence-electron chi connectivity index (χ2n) is 5.93. The van der Waals surface area contributed by atoms with Gasteiger partial charge in [-0.25, -0.2) is 19.2 Å². The van der Waals surface area contributed by atoms with E-state index in [1.54, 1.807) is 19.1 Å². The standard InChI is InChI=1S/C18H19FN2O2/c1-2-23-17(22)13-11-20-16(21-12-13)10-18(7-4-8-18)14-5-3-6-15(19)9-14/h3,5-6,9,11-12H,2,4,7-8,10H2,1H3. The van der Waals surface area contributed by atoms with Crippen molar-refractivity contribution in [3.8, 4) is 0 Å². The van der Waals surface area contributed by atoms with Crippen molar-refractivity contribution < 1.29 is 13.9 Å². The van der Waals surface area contributed by atoms with Gasteiger partial charge in [-0.3, -0.25) is 0 Å². The lowest BCUT2D eigenvalue weighted by molar-refractivity contribution is 0.0525. The first-order chi connectivity index (χ1) is 11.1. The van der Waals surface area contributed by atoms with Crippen molar-refractivity contribution in [2.75, 3.05) is 6.61 Å². The number of aromatic nitrogens is 2. The van der Waals surface area contributed by atoms with E-state index < -0.39 is 5.97 Å². The Morgan fingerprint density at radius 2 is 2.04 bits per heavy atom. The van der Waals surface area contributed by atoms with Crippen LogP contribution >= 0.6 is 0 Å². The Labute approximate surface area is 134 Å². The summed E-state index contributed by atoms with van der Waals surface area (Å²) in [5.41, 5.74) is 1.26. The maximum Gasteiger partial charge on any atom is 0.341 e. The molecule has 0 amide bonds. The maximum absolute atomic E-state index is 13.5. The van der Waals surface area contributed by atoms with Gasteiger partial charge in [0.2, 0.25) is 0 Å². The Bertz CT molecular complexity index is 696. The predicted molar refractivity (Wildman–Crippen MR) is 83.6 cm³/mol. The fraction of sp³-hybridized carbons (Fsp3) is 0.389. The summed E-state index contributed by atoms with van der Waals surface area (Å²) < 4.78 is 18.5. The molecular formula is C18H19FN2O2. The molecule has 1 saturated carbocycles. The van der Waals surface area contributed by atoms with Gasteiger partial charge in [-0.05, 0) is 37.5 Å². The maximum atomic E-state index is 13.5. The lowest BCUT2D eigenvalue weighted by Gasteiger charge is -2.42. The molecule has 0 radical (unpaired) electrons. The minimum absolute atomic E-state index is 0.0897. The summed E-state index contributed by atoms with van der Waals surface area (Å²) in [6, 6.07) is 6.78. The number of esters is 1. The highest BCUT2D eigenvalue weighted by molar-refractivity contribution is 5.88. The van der Waals surface area contributed by atoms with E-state index in [2.05, 4.69) is 9.97 Å². The van der Waals surface area contributed by atoms with Crippen LogP contribution in [0.4, 0.5) is 4.39 Å². The van der Waals surface area contributed by atoms with Crippen molar-refractivity contribution in [1.29, 1.82) is 0 Å². The number of rotatable bonds is 5. The highest BCUT2D eigenvalue weighted by atomic mass is 19.1. The molecule has 1 aromatic heterocycles. The number of nitrogens with zero attached hydrogens (tertiary/aromatic N) is 2. The summed E-state index contributed by atoms with van der Waals surface area (Å²) in [5, 5.41) is 0. The summed E-state index contributed by atoms with van der Waals surface area (Å²) >= 11 is 0. The molecule has 0 N–H and O–H groups in total. The Kier molecular flexibility index (Phi) is 4.37. The lowest BCUT2D eigenvalue weighted by atomic mass is 9.62. The molecule has 1 aliphatic rings. The molecule has 0 atom stereocenters. The van der Waals surface area contributed by atoms with Gasteiger partial charge in [0.25, 0.3) is 0 Å². The number of halogens is 1. The third kappa shape index (κ3) is 3.23. The van der Waals surface area contributed by atoms with E-state index >= 15 is 0 Å².